The summed E-state index contributed by atoms with van der Waals surface area (Å²) in [5, 5.41) is 13.3. The van der Waals surface area contributed by atoms with Gasteiger partial charge in [-0.3, -0.25) is 9.59 Å². The topological polar surface area (TPSA) is 88.1 Å². The van der Waals surface area contributed by atoms with Gasteiger partial charge in [0.05, 0.1) is 18.0 Å². The quantitative estimate of drug-likeness (QED) is 0.545. The average Bonchev–Trinajstić information content (AvgIpc) is 2.79. The molecule has 1 aliphatic heterocycles. The second kappa shape index (κ2) is 11.0. The van der Waals surface area contributed by atoms with E-state index in [9.17, 15) is 14.7 Å². The van der Waals surface area contributed by atoms with Crippen molar-refractivity contribution < 1.29 is 24.2 Å². The van der Waals surface area contributed by atoms with Crippen molar-refractivity contribution >= 4 is 23.4 Å². The number of alkyl halides is 1. The van der Waals surface area contributed by atoms with Crippen LogP contribution in [0.5, 0.6) is 11.5 Å². The number of hydrogen-bond acceptors (Lipinski definition) is 5. The minimum atomic E-state index is -0.964. The predicted octanol–water partition coefficient (Wildman–Crippen LogP) is 2.66. The first kappa shape index (κ1) is 23.6. The van der Waals surface area contributed by atoms with Gasteiger partial charge in [-0.05, 0) is 54.5 Å². The standard InChI is InChI=1S/C24H27ClN2O5/c1-27(2)24(30)18-12-17-13-20(14-18)32-9-4-3-8-31-19-7-5-6-16(10-19)11-21(22(28)15-25)26-23(17)29/h3-7,10,12-14,21-22,28H,8-9,11,15H2,1-2H3,(H,26,29)/b4-3-/t21-,22+/m0/s1. The van der Waals surface area contributed by atoms with Crippen molar-refractivity contribution in [1.82, 2.24) is 10.2 Å². The zero-order chi connectivity index (χ0) is 23.1. The van der Waals surface area contributed by atoms with Gasteiger partial charge in [-0.25, -0.2) is 0 Å². The Morgan fingerprint density at radius 3 is 2.56 bits per heavy atom. The van der Waals surface area contributed by atoms with Crippen molar-refractivity contribution in [2.24, 2.45) is 0 Å². The monoisotopic (exact) mass is 458 g/mol. The molecule has 0 aromatic heterocycles. The van der Waals surface area contributed by atoms with E-state index in [2.05, 4.69) is 5.32 Å². The number of aliphatic hydroxyl groups excluding tert-OH is 1. The molecule has 0 fully saturated rings. The van der Waals surface area contributed by atoms with Crippen LogP contribution in [0.15, 0.2) is 54.6 Å². The van der Waals surface area contributed by atoms with E-state index in [0.29, 0.717) is 30.1 Å². The minimum absolute atomic E-state index is 0.0422. The molecule has 7 nitrogen and oxygen atoms in total. The Morgan fingerprint density at radius 1 is 1.16 bits per heavy atom. The lowest BCUT2D eigenvalue weighted by atomic mass is 10.0. The number of benzene rings is 2. The fourth-order valence-corrected chi connectivity index (χ4v) is 3.49. The highest BCUT2D eigenvalue weighted by molar-refractivity contribution is 6.18. The summed E-state index contributed by atoms with van der Waals surface area (Å²) in [5.41, 5.74) is 1.47. The van der Waals surface area contributed by atoms with Gasteiger partial charge >= 0.3 is 0 Å². The number of fused-ring (bicyclic) bond motifs is 4. The van der Waals surface area contributed by atoms with Crippen LogP contribution in [0.1, 0.15) is 26.3 Å². The van der Waals surface area contributed by atoms with Gasteiger partial charge in [0.25, 0.3) is 11.8 Å². The number of carbonyl (C=O) groups is 2. The Morgan fingerprint density at radius 2 is 1.88 bits per heavy atom. The number of hydrogen-bond donors (Lipinski definition) is 2. The van der Waals surface area contributed by atoms with E-state index >= 15 is 0 Å². The molecular formula is C24H27ClN2O5. The lowest BCUT2D eigenvalue weighted by Crippen LogP contribution is -2.45. The number of ether oxygens (including phenoxy) is 2. The largest absolute Gasteiger partial charge is 0.490 e. The number of nitrogens with zero attached hydrogens (tertiary/aromatic N) is 1. The van der Waals surface area contributed by atoms with E-state index in [1.807, 2.05) is 36.4 Å². The summed E-state index contributed by atoms with van der Waals surface area (Å²) in [6, 6.07) is 11.5. The summed E-state index contributed by atoms with van der Waals surface area (Å²) in [6.45, 7) is 0.610. The van der Waals surface area contributed by atoms with E-state index in [0.717, 1.165) is 5.56 Å². The van der Waals surface area contributed by atoms with Crippen molar-refractivity contribution in [3.63, 3.8) is 0 Å². The third-order valence-electron chi connectivity index (χ3n) is 4.97. The van der Waals surface area contributed by atoms with Gasteiger partial charge < -0.3 is 24.8 Å². The maximum absolute atomic E-state index is 13.1. The first-order valence-corrected chi connectivity index (χ1v) is 10.8. The number of nitrogens with one attached hydrogen (secondary N) is 1. The third kappa shape index (κ3) is 6.24. The van der Waals surface area contributed by atoms with Gasteiger partial charge in [-0.2, -0.15) is 0 Å². The van der Waals surface area contributed by atoms with Crippen LogP contribution in [0.3, 0.4) is 0 Å². The maximum Gasteiger partial charge on any atom is 0.253 e. The molecule has 2 aromatic rings. The summed E-state index contributed by atoms with van der Waals surface area (Å²) in [7, 11) is 3.27. The highest BCUT2D eigenvalue weighted by atomic mass is 35.5. The van der Waals surface area contributed by atoms with E-state index in [1.54, 1.807) is 26.2 Å². The minimum Gasteiger partial charge on any atom is -0.490 e. The fraction of sp³-hybridized carbons (Fsp3) is 0.333. The molecule has 1 heterocycles. The zero-order valence-electron chi connectivity index (χ0n) is 18.1. The van der Waals surface area contributed by atoms with Crippen LogP contribution in [-0.2, 0) is 6.42 Å². The fourth-order valence-electron chi connectivity index (χ4n) is 3.28. The lowest BCUT2D eigenvalue weighted by Gasteiger charge is -2.23. The summed E-state index contributed by atoms with van der Waals surface area (Å²) in [6.07, 6.45) is 3.03. The van der Waals surface area contributed by atoms with Gasteiger partial charge in [-0.15, -0.1) is 11.6 Å². The number of aliphatic hydroxyl groups is 1. The van der Waals surface area contributed by atoms with Gasteiger partial charge in [0.2, 0.25) is 0 Å². The van der Waals surface area contributed by atoms with Gasteiger partial charge in [0.1, 0.15) is 24.7 Å². The molecule has 0 saturated heterocycles. The molecule has 3 rings (SSSR count). The second-order valence-electron chi connectivity index (χ2n) is 7.69. The van der Waals surface area contributed by atoms with Crippen molar-refractivity contribution in [3.8, 4) is 11.5 Å². The Kier molecular flexibility index (Phi) is 8.14. The Labute approximate surface area is 192 Å². The van der Waals surface area contributed by atoms with Crippen LogP contribution in [0.2, 0.25) is 0 Å². The number of rotatable bonds is 3. The predicted molar refractivity (Wildman–Crippen MR) is 123 cm³/mol. The van der Waals surface area contributed by atoms with Gasteiger partial charge in [0, 0.05) is 25.2 Å². The Hall–Kier alpha value is -3.03. The molecule has 0 unspecified atom stereocenters. The second-order valence-corrected chi connectivity index (χ2v) is 8.00. The molecule has 2 amide bonds. The normalized spacial score (nSPS) is 18.5. The smallest absolute Gasteiger partial charge is 0.253 e. The SMILES string of the molecule is CN(C)C(=O)c1cc2cc(c1)C(=O)N[C@H]([C@H](O)CCl)Cc1cccc(c1)OC/C=C\CO2. The molecular weight excluding hydrogens is 432 g/mol. The summed E-state index contributed by atoms with van der Waals surface area (Å²) < 4.78 is 11.5. The zero-order valence-corrected chi connectivity index (χ0v) is 18.8. The van der Waals surface area contributed by atoms with Crippen LogP contribution in [-0.4, -0.2) is 67.2 Å². The third-order valence-corrected chi connectivity index (χ3v) is 5.29. The van der Waals surface area contributed by atoms with Crippen LogP contribution >= 0.6 is 11.6 Å². The van der Waals surface area contributed by atoms with Crippen molar-refractivity contribution in [2.45, 2.75) is 18.6 Å². The summed E-state index contributed by atoms with van der Waals surface area (Å²) in [4.78, 5) is 27.0. The Bertz CT molecular complexity index is 992. The van der Waals surface area contributed by atoms with Crippen LogP contribution < -0.4 is 14.8 Å². The number of carbonyl (C=O) groups excluding carboxylic acids is 2. The van der Waals surface area contributed by atoms with E-state index in [1.165, 1.54) is 11.0 Å². The molecule has 2 aromatic carbocycles. The van der Waals surface area contributed by atoms with Gasteiger partial charge in [0.15, 0.2) is 0 Å². The van der Waals surface area contributed by atoms with E-state index in [4.69, 9.17) is 21.1 Å². The molecule has 0 spiro atoms. The number of halogens is 1. The van der Waals surface area contributed by atoms with Crippen LogP contribution in [0.4, 0.5) is 0 Å². The Balaban J connectivity index is 1.98. The molecule has 0 saturated carbocycles. The van der Waals surface area contributed by atoms with Crippen LogP contribution in [0, 0.1) is 0 Å². The molecule has 2 N–H and O–H groups in total. The maximum atomic E-state index is 13.1. The van der Waals surface area contributed by atoms with Crippen molar-refractivity contribution in [2.75, 3.05) is 33.2 Å². The number of amides is 2. The molecule has 8 heteroatoms. The lowest BCUT2D eigenvalue weighted by molar-refractivity contribution is 0.0827. The molecule has 32 heavy (non-hydrogen) atoms. The highest BCUT2D eigenvalue weighted by Gasteiger charge is 2.23. The molecule has 4 bridgehead atoms. The molecule has 2 atom stereocenters. The molecule has 1 aliphatic rings. The average molecular weight is 459 g/mol. The first-order chi connectivity index (χ1) is 15.4. The summed E-state index contributed by atoms with van der Waals surface area (Å²) in [5.74, 6) is 0.340. The summed E-state index contributed by atoms with van der Waals surface area (Å²) >= 11 is 5.90. The van der Waals surface area contributed by atoms with E-state index < -0.39 is 18.1 Å². The molecule has 170 valence electrons. The highest BCUT2D eigenvalue weighted by Crippen LogP contribution is 2.21. The van der Waals surface area contributed by atoms with Crippen molar-refractivity contribution in [1.29, 1.82) is 0 Å². The van der Waals surface area contributed by atoms with Gasteiger partial charge in [-0.1, -0.05) is 12.1 Å². The van der Waals surface area contributed by atoms with E-state index in [-0.39, 0.29) is 24.0 Å². The molecule has 0 aliphatic carbocycles. The van der Waals surface area contributed by atoms with Crippen LogP contribution in [0.25, 0.3) is 0 Å². The molecule has 0 radical (unpaired) electrons. The van der Waals surface area contributed by atoms with Crippen molar-refractivity contribution in [3.05, 3.63) is 71.3 Å². The first-order valence-electron chi connectivity index (χ1n) is 10.3.